The lowest BCUT2D eigenvalue weighted by molar-refractivity contribution is -0.389. The second-order valence-corrected chi connectivity index (χ2v) is 9.82. The molecule has 0 aliphatic heterocycles. The molecule has 214 valence electrons. The number of carbonyl (C=O) groups is 2. The summed E-state index contributed by atoms with van der Waals surface area (Å²) < 4.78 is 121. The van der Waals surface area contributed by atoms with Gasteiger partial charge in [-0.1, -0.05) is 30.3 Å². The van der Waals surface area contributed by atoms with E-state index in [-0.39, 0.29) is 29.1 Å². The Morgan fingerprint density at radius 3 is 1.80 bits per heavy atom. The van der Waals surface area contributed by atoms with Crippen molar-refractivity contribution in [3.05, 3.63) is 94.0 Å². The van der Waals surface area contributed by atoms with Gasteiger partial charge in [-0.3, -0.25) is 9.59 Å². The van der Waals surface area contributed by atoms with Crippen molar-refractivity contribution in [2.24, 2.45) is 0 Å². The van der Waals surface area contributed by atoms with Gasteiger partial charge in [0.25, 0.3) is 11.8 Å². The van der Waals surface area contributed by atoms with Gasteiger partial charge >= 0.3 is 23.9 Å². The van der Waals surface area contributed by atoms with Gasteiger partial charge in [0, 0.05) is 33.9 Å². The van der Waals surface area contributed by atoms with Gasteiger partial charge in [0.1, 0.15) is 0 Å². The van der Waals surface area contributed by atoms with E-state index in [2.05, 4.69) is 32.1 Å². The summed E-state index contributed by atoms with van der Waals surface area (Å²) >= 11 is 5.59. The number of rotatable bonds is 6. The van der Waals surface area contributed by atoms with Crippen molar-refractivity contribution in [2.45, 2.75) is 23.9 Å². The van der Waals surface area contributed by atoms with E-state index in [0.29, 0.717) is 15.6 Å². The van der Waals surface area contributed by atoms with Crippen molar-refractivity contribution in [3.63, 3.8) is 0 Å². The molecule has 1 atom stereocenters. The van der Waals surface area contributed by atoms with E-state index in [4.69, 9.17) is 0 Å². The Morgan fingerprint density at radius 1 is 0.700 bits per heavy atom. The van der Waals surface area contributed by atoms with Crippen LogP contribution in [0.15, 0.2) is 77.3 Å². The van der Waals surface area contributed by atoms with Crippen LogP contribution < -0.4 is 8.83 Å². The minimum absolute atomic E-state index is 0.0585. The third-order valence-electron chi connectivity index (χ3n) is 5.72. The molecule has 0 heterocycles. The highest BCUT2D eigenvalue weighted by Gasteiger charge is 2.81. The van der Waals surface area contributed by atoms with Gasteiger partial charge < -0.3 is 4.90 Å². The molecule has 0 saturated heterocycles. The maximum atomic E-state index is 14.8. The molecular formula is C25H15Br2F9N2O2. The zero-order valence-corrected chi connectivity index (χ0v) is 23.0. The first-order valence-corrected chi connectivity index (χ1v) is 12.3. The van der Waals surface area contributed by atoms with Crippen molar-refractivity contribution in [1.82, 2.24) is 0 Å². The third kappa shape index (κ3) is 5.57. The van der Waals surface area contributed by atoms with Crippen LogP contribution in [-0.2, 0) is 5.67 Å². The SMILES string of the molecule is CN(C(=O)c1ccccc1)c1cccc(C(=O)N(Br)c2ccc(C(F)(C(F)(F)F)C(F)(F)C(F)(F)F)cc2Br)c1. The predicted molar refractivity (Wildman–Crippen MR) is 135 cm³/mol. The van der Waals surface area contributed by atoms with Gasteiger partial charge in [-0.25, -0.2) is 8.32 Å². The summed E-state index contributed by atoms with van der Waals surface area (Å²) in [5, 5.41) is 0. The molecule has 0 radical (unpaired) electrons. The van der Waals surface area contributed by atoms with E-state index in [9.17, 15) is 49.1 Å². The summed E-state index contributed by atoms with van der Waals surface area (Å²) in [7, 11) is 1.45. The number of alkyl halides is 9. The van der Waals surface area contributed by atoms with Gasteiger partial charge in [-0.15, -0.1) is 0 Å². The van der Waals surface area contributed by atoms with Gasteiger partial charge in [0.15, 0.2) is 0 Å². The van der Waals surface area contributed by atoms with Crippen molar-refractivity contribution >= 4 is 55.3 Å². The highest BCUT2D eigenvalue weighted by Crippen LogP contribution is 2.58. The van der Waals surface area contributed by atoms with Crippen LogP contribution in [0, 0.1) is 0 Å². The lowest BCUT2D eigenvalue weighted by Crippen LogP contribution is -2.59. The van der Waals surface area contributed by atoms with E-state index in [1.165, 1.54) is 36.2 Å². The molecule has 3 aromatic rings. The Hall–Kier alpha value is -3.07. The van der Waals surface area contributed by atoms with E-state index in [1.54, 1.807) is 30.3 Å². The number of carbonyl (C=O) groups excluding carboxylic acids is 2. The number of nitrogens with zero attached hydrogens (tertiary/aromatic N) is 2. The Morgan fingerprint density at radius 2 is 1.27 bits per heavy atom. The quantitative estimate of drug-likeness (QED) is 0.190. The predicted octanol–water partition coefficient (Wildman–Crippen LogP) is 8.61. The van der Waals surface area contributed by atoms with Crippen molar-refractivity contribution in [1.29, 1.82) is 0 Å². The maximum Gasteiger partial charge on any atom is 0.457 e. The van der Waals surface area contributed by atoms with E-state index in [0.717, 1.165) is 0 Å². The van der Waals surface area contributed by atoms with Crippen molar-refractivity contribution < 1.29 is 49.1 Å². The van der Waals surface area contributed by atoms with Gasteiger partial charge in [-0.05, 0) is 58.4 Å². The van der Waals surface area contributed by atoms with Crippen LogP contribution in [0.2, 0.25) is 0 Å². The molecule has 0 spiro atoms. The number of anilines is 2. The molecule has 0 aromatic heterocycles. The van der Waals surface area contributed by atoms with E-state index < -0.39 is 45.8 Å². The molecule has 0 saturated carbocycles. The molecule has 0 aliphatic carbocycles. The second-order valence-electron chi connectivity index (χ2n) is 8.26. The standard InChI is InChI=1S/C25H15Br2F9N2O2/c1-37(20(39)14-6-3-2-4-7-14)17-9-5-8-15(12-17)21(40)38(27)19-11-10-16(13-18(19)26)22(28,24(31,32)33)23(29,30)25(34,35)36/h2-13H,1H3. The molecule has 1 unspecified atom stereocenters. The molecule has 0 bridgehead atoms. The van der Waals surface area contributed by atoms with Crippen LogP contribution >= 0.6 is 32.1 Å². The van der Waals surface area contributed by atoms with Gasteiger partial charge in [0.05, 0.1) is 21.8 Å². The summed E-state index contributed by atoms with van der Waals surface area (Å²) in [6, 6.07) is 14.4. The van der Waals surface area contributed by atoms with E-state index in [1.807, 2.05) is 0 Å². The monoisotopic (exact) mass is 704 g/mol. The highest BCUT2D eigenvalue weighted by molar-refractivity contribution is 9.11. The molecule has 0 fully saturated rings. The van der Waals surface area contributed by atoms with Crippen LogP contribution in [-0.4, -0.2) is 37.1 Å². The normalized spacial score (nSPS) is 13.9. The van der Waals surface area contributed by atoms with Crippen LogP contribution in [0.4, 0.5) is 50.9 Å². The molecule has 0 aliphatic rings. The van der Waals surface area contributed by atoms with Crippen LogP contribution in [0.5, 0.6) is 0 Å². The lowest BCUT2D eigenvalue weighted by atomic mass is 9.87. The Bertz CT molecular complexity index is 1420. The summed E-state index contributed by atoms with van der Waals surface area (Å²) in [6.45, 7) is 0. The Labute approximate surface area is 237 Å². The summed E-state index contributed by atoms with van der Waals surface area (Å²) in [4.78, 5) is 27.0. The topological polar surface area (TPSA) is 40.6 Å². The molecule has 4 nitrogen and oxygen atoms in total. The fraction of sp³-hybridized carbons (Fsp3) is 0.200. The molecule has 3 rings (SSSR count). The number of benzene rings is 3. The molecule has 40 heavy (non-hydrogen) atoms. The molecule has 2 amide bonds. The largest absolute Gasteiger partial charge is 0.457 e. The summed E-state index contributed by atoms with van der Waals surface area (Å²) in [5.74, 6) is -8.12. The Kier molecular flexibility index (Phi) is 8.71. The van der Waals surface area contributed by atoms with Gasteiger partial charge in [0.2, 0.25) is 0 Å². The number of halogens is 11. The minimum atomic E-state index is -6.88. The molecule has 3 aromatic carbocycles. The molecular weight excluding hydrogens is 691 g/mol. The van der Waals surface area contributed by atoms with Crippen LogP contribution in [0.25, 0.3) is 0 Å². The average molecular weight is 706 g/mol. The van der Waals surface area contributed by atoms with E-state index >= 15 is 0 Å². The zero-order chi connectivity index (χ0) is 30.3. The van der Waals surface area contributed by atoms with Gasteiger partial charge in [-0.2, -0.15) is 35.1 Å². The van der Waals surface area contributed by atoms with Crippen molar-refractivity contribution in [2.75, 3.05) is 15.9 Å². The number of hydrogen-bond donors (Lipinski definition) is 0. The summed E-state index contributed by atoms with van der Waals surface area (Å²) in [6.07, 6.45) is -13.5. The first-order valence-electron chi connectivity index (χ1n) is 10.8. The highest BCUT2D eigenvalue weighted by atomic mass is 79.9. The van der Waals surface area contributed by atoms with Crippen molar-refractivity contribution in [3.8, 4) is 0 Å². The smallest absolute Gasteiger partial charge is 0.311 e. The number of hydrogen-bond acceptors (Lipinski definition) is 2. The fourth-order valence-corrected chi connectivity index (χ4v) is 4.87. The third-order valence-corrected chi connectivity index (χ3v) is 7.06. The van der Waals surface area contributed by atoms with Crippen LogP contribution in [0.3, 0.4) is 0 Å². The first kappa shape index (κ1) is 31.5. The van der Waals surface area contributed by atoms with Crippen LogP contribution in [0.1, 0.15) is 26.3 Å². The Balaban J connectivity index is 1.95. The molecule has 0 N–H and O–H groups in total. The average Bonchev–Trinajstić information content (AvgIpc) is 2.90. The first-order chi connectivity index (χ1) is 18.3. The minimum Gasteiger partial charge on any atom is -0.311 e. The summed E-state index contributed by atoms with van der Waals surface area (Å²) in [5.41, 5.74) is -7.97. The zero-order valence-electron chi connectivity index (χ0n) is 19.8. The second kappa shape index (κ2) is 11.1. The fourth-order valence-electron chi connectivity index (χ4n) is 3.56. The maximum absolute atomic E-state index is 14.8. The molecule has 15 heteroatoms. The number of amides is 2. The lowest BCUT2D eigenvalue weighted by Gasteiger charge is -2.36.